The Morgan fingerprint density at radius 1 is 0.922 bits per heavy atom. The van der Waals surface area contributed by atoms with Crippen molar-refractivity contribution in [2.45, 2.75) is 143 Å². The van der Waals surface area contributed by atoms with Crippen LogP contribution in [0, 0.1) is 52.3 Å². The summed E-state index contributed by atoms with van der Waals surface area (Å²) in [4.78, 5) is 79.5. The average Bonchev–Trinajstić information content (AvgIpc) is 4.09. The number of β-amino-alcohol motifs (C(OH)–C–C–N with tert-alkyl or cyclic N) is 1. The molecule has 1 saturated carbocycles. The third-order valence-corrected chi connectivity index (χ3v) is 17.5. The minimum absolute atomic E-state index is 0.0158. The summed E-state index contributed by atoms with van der Waals surface area (Å²) in [6.07, 6.45) is 2.46. The number of amides is 5. The molecule has 4 fully saturated rings. The first-order chi connectivity index (χ1) is 36.4. The minimum atomic E-state index is -0.995. The van der Waals surface area contributed by atoms with Gasteiger partial charge in [-0.25, -0.2) is 4.98 Å². The molecular weight excluding hydrogens is 1010 g/mol. The van der Waals surface area contributed by atoms with E-state index in [2.05, 4.69) is 71.4 Å². The number of carbonyl (C=O) groups excluding carboxylic acids is 5. The van der Waals surface area contributed by atoms with Gasteiger partial charge in [0.1, 0.15) is 30.0 Å². The van der Waals surface area contributed by atoms with Gasteiger partial charge in [-0.05, 0) is 98.6 Å². The van der Waals surface area contributed by atoms with Crippen LogP contribution in [-0.2, 0) is 19.2 Å². The Bertz CT molecular complexity index is 2920. The predicted octanol–water partition coefficient (Wildman–Crippen LogP) is 8.07. The molecule has 408 valence electrons. The molecule has 4 heterocycles. The van der Waals surface area contributed by atoms with Crippen LogP contribution in [0.2, 0.25) is 5.02 Å². The highest BCUT2D eigenvalue weighted by molar-refractivity contribution is 7.13. The standard InChI is InChI=1S/C60H73ClN8O7S/c1-36-51(77-35-63-36)41-18-16-40(17-19-41)48(65-54(74)49-30-45(71)34-69(49)55(75)52(58(3,4)5)64-37(2)70)32-50(72)68-28-24-44(25-29-68)67-26-22-39(23-27-67)11-10-38-12-14-42(15-13-38)53(73)66-56-59(6,7)57(60(56,8)9)76-46-21-20-43(33-62)47(61)31-46/h12-21,31,35,39,44-45,48-49,52,56-57,71H,22-30,32,34H2,1-9H3,(H,64,70)(H,65,74)(H,66,73). The molecule has 4 aromatic rings. The number of nitrogens with zero attached hydrogens (tertiary/aromatic N) is 5. The van der Waals surface area contributed by atoms with Gasteiger partial charge in [0, 0.05) is 79.0 Å². The molecule has 1 aliphatic carbocycles. The summed E-state index contributed by atoms with van der Waals surface area (Å²) in [6, 6.07) is 19.9. The van der Waals surface area contributed by atoms with Crippen molar-refractivity contribution in [2.75, 3.05) is 32.7 Å². The molecule has 3 saturated heterocycles. The zero-order chi connectivity index (χ0) is 55.6. The lowest BCUT2D eigenvalue weighted by molar-refractivity contribution is -0.164. The van der Waals surface area contributed by atoms with Crippen LogP contribution in [0.4, 0.5) is 0 Å². The molecule has 4 aliphatic rings. The SMILES string of the molecule is CC(=O)NC(C(=O)N1CC(O)CC1C(=O)NC(CC(=O)N1CCC(N2CCC(C#Cc3ccc(C(=O)NC4C(C)(C)C(Oc5ccc(C#N)c(Cl)c5)C4(C)C)cc3)CC2)CC1)c1ccc(-c2scnc2C)cc1)C(C)(C)C. The summed E-state index contributed by atoms with van der Waals surface area (Å²) in [5.41, 5.74) is 4.82. The van der Waals surface area contributed by atoms with Crippen LogP contribution in [0.1, 0.15) is 133 Å². The molecule has 0 bridgehead atoms. The minimum Gasteiger partial charge on any atom is -0.489 e. The summed E-state index contributed by atoms with van der Waals surface area (Å²) in [6.45, 7) is 20.1. The van der Waals surface area contributed by atoms with E-state index in [1.807, 2.05) is 81.1 Å². The van der Waals surface area contributed by atoms with Gasteiger partial charge in [0.15, 0.2) is 0 Å². The fourth-order valence-electron chi connectivity index (χ4n) is 12.2. The lowest BCUT2D eigenvalue weighted by atomic mass is 9.49. The van der Waals surface area contributed by atoms with Gasteiger partial charge >= 0.3 is 0 Å². The number of nitriles is 1. The number of piperidine rings is 2. The van der Waals surface area contributed by atoms with Crippen molar-refractivity contribution in [3.8, 4) is 34.1 Å². The number of aliphatic hydroxyl groups excluding tert-OH is 1. The monoisotopic (exact) mass is 1080 g/mol. The third kappa shape index (κ3) is 12.8. The van der Waals surface area contributed by atoms with Crippen molar-refractivity contribution < 1.29 is 33.8 Å². The maximum absolute atomic E-state index is 14.3. The van der Waals surface area contributed by atoms with E-state index in [1.54, 1.807) is 35.0 Å². The normalized spacial score (nSPS) is 22.3. The number of carbonyl (C=O) groups is 5. The molecule has 15 nitrogen and oxygen atoms in total. The number of ether oxygens (including phenoxy) is 1. The van der Waals surface area contributed by atoms with Gasteiger partial charge in [-0.3, -0.25) is 24.0 Å². The molecule has 77 heavy (non-hydrogen) atoms. The molecule has 3 aliphatic heterocycles. The zero-order valence-electron chi connectivity index (χ0n) is 45.7. The Labute approximate surface area is 462 Å². The maximum Gasteiger partial charge on any atom is 0.251 e. The quantitative estimate of drug-likeness (QED) is 0.0951. The van der Waals surface area contributed by atoms with Gasteiger partial charge in [0.25, 0.3) is 5.91 Å². The first kappa shape index (κ1) is 56.9. The van der Waals surface area contributed by atoms with Crippen LogP contribution in [0.15, 0.2) is 72.2 Å². The van der Waals surface area contributed by atoms with Crippen molar-refractivity contribution in [3.05, 3.63) is 105 Å². The highest BCUT2D eigenvalue weighted by Crippen LogP contribution is 2.55. The van der Waals surface area contributed by atoms with E-state index in [0.29, 0.717) is 41.0 Å². The van der Waals surface area contributed by atoms with Crippen molar-refractivity contribution in [1.82, 2.24) is 35.6 Å². The first-order valence-electron chi connectivity index (χ1n) is 26.8. The molecule has 4 atom stereocenters. The van der Waals surface area contributed by atoms with Crippen molar-refractivity contribution >= 4 is 52.5 Å². The largest absolute Gasteiger partial charge is 0.489 e. The fourth-order valence-corrected chi connectivity index (χ4v) is 13.2. The number of aromatic nitrogens is 1. The average molecular weight is 1090 g/mol. The number of hydrogen-bond donors (Lipinski definition) is 4. The van der Waals surface area contributed by atoms with E-state index in [-0.39, 0.29) is 66.0 Å². The number of hydrogen-bond acceptors (Lipinski definition) is 11. The molecule has 0 radical (unpaired) electrons. The van der Waals surface area contributed by atoms with Gasteiger partial charge in [0.2, 0.25) is 23.6 Å². The second kappa shape index (κ2) is 23.3. The summed E-state index contributed by atoms with van der Waals surface area (Å²) < 4.78 is 6.39. The highest BCUT2D eigenvalue weighted by Gasteiger charge is 2.64. The van der Waals surface area contributed by atoms with Gasteiger partial charge in [-0.2, -0.15) is 5.26 Å². The number of halogens is 1. The summed E-state index contributed by atoms with van der Waals surface area (Å²) in [5.74, 6) is 6.17. The van der Waals surface area contributed by atoms with E-state index >= 15 is 0 Å². The zero-order valence-corrected chi connectivity index (χ0v) is 47.3. The Kier molecular flexibility index (Phi) is 17.3. The van der Waals surface area contributed by atoms with E-state index in [4.69, 9.17) is 16.3 Å². The Morgan fingerprint density at radius 3 is 2.17 bits per heavy atom. The maximum atomic E-state index is 14.3. The molecule has 8 rings (SSSR count). The van der Waals surface area contributed by atoms with Crippen molar-refractivity contribution in [1.29, 1.82) is 5.26 Å². The molecule has 0 spiro atoms. The topological polar surface area (TPSA) is 197 Å². The molecule has 4 unspecified atom stereocenters. The lowest BCUT2D eigenvalue weighted by Crippen LogP contribution is -2.74. The second-order valence-corrected chi connectivity index (χ2v) is 24.9. The van der Waals surface area contributed by atoms with Crippen LogP contribution in [0.3, 0.4) is 0 Å². The Balaban J connectivity index is 0.831. The van der Waals surface area contributed by atoms with Crippen LogP contribution in [0.25, 0.3) is 10.4 Å². The smallest absolute Gasteiger partial charge is 0.251 e. The molecule has 5 amide bonds. The molecular formula is C60H73ClN8O7S. The fraction of sp³-hybridized carbons (Fsp3) is 0.517. The van der Waals surface area contributed by atoms with Gasteiger partial charge in [-0.15, -0.1) is 11.3 Å². The number of aryl methyl sites for hydroxylation is 1. The van der Waals surface area contributed by atoms with Crippen LogP contribution in [0.5, 0.6) is 5.75 Å². The molecule has 3 aromatic carbocycles. The number of benzene rings is 3. The lowest BCUT2D eigenvalue weighted by Gasteiger charge is -2.63. The van der Waals surface area contributed by atoms with E-state index in [9.17, 15) is 34.3 Å². The predicted molar refractivity (Wildman–Crippen MR) is 298 cm³/mol. The molecule has 1 aromatic heterocycles. The first-order valence-corrected chi connectivity index (χ1v) is 28.1. The second-order valence-electron chi connectivity index (χ2n) is 23.6. The third-order valence-electron chi connectivity index (χ3n) is 16.2. The van der Waals surface area contributed by atoms with E-state index in [1.165, 1.54) is 11.8 Å². The Morgan fingerprint density at radius 2 is 1.58 bits per heavy atom. The van der Waals surface area contributed by atoms with Gasteiger partial charge in [0.05, 0.1) is 45.2 Å². The van der Waals surface area contributed by atoms with E-state index < -0.39 is 41.5 Å². The van der Waals surface area contributed by atoms with Crippen LogP contribution >= 0.6 is 22.9 Å². The van der Waals surface area contributed by atoms with Gasteiger partial charge in [-0.1, -0.05) is 96.2 Å². The Hall–Kier alpha value is -6.30. The molecule has 4 N–H and O–H groups in total. The van der Waals surface area contributed by atoms with Crippen LogP contribution < -0.4 is 20.7 Å². The number of aliphatic hydroxyl groups is 1. The number of rotatable bonds is 13. The van der Waals surface area contributed by atoms with Crippen molar-refractivity contribution in [2.24, 2.45) is 22.2 Å². The number of likely N-dealkylation sites (tertiary alicyclic amines) is 3. The number of thiazole rings is 1. The van der Waals surface area contributed by atoms with Gasteiger partial charge < -0.3 is 40.5 Å². The van der Waals surface area contributed by atoms with Crippen LogP contribution in [-0.4, -0.2) is 123 Å². The highest BCUT2D eigenvalue weighted by atomic mass is 35.5. The van der Waals surface area contributed by atoms with E-state index in [0.717, 1.165) is 66.0 Å². The summed E-state index contributed by atoms with van der Waals surface area (Å²) in [5, 5.41) is 29.5. The summed E-state index contributed by atoms with van der Waals surface area (Å²) in [7, 11) is 0. The molecule has 17 heteroatoms. The summed E-state index contributed by atoms with van der Waals surface area (Å²) >= 11 is 7.82. The van der Waals surface area contributed by atoms with Crippen molar-refractivity contribution in [3.63, 3.8) is 0 Å². The number of nitrogens with one attached hydrogen (secondary N) is 3.